The van der Waals surface area contributed by atoms with Gasteiger partial charge in [0.15, 0.2) is 18.9 Å². The minimum absolute atomic E-state index is 0.217. The van der Waals surface area contributed by atoms with Gasteiger partial charge in [0.05, 0.1) is 38.6 Å². The van der Waals surface area contributed by atoms with Crippen LogP contribution in [-0.4, -0.2) is 193 Å². The van der Waals surface area contributed by atoms with Crippen molar-refractivity contribution in [1.82, 2.24) is 5.32 Å². The standard InChI is InChI=1S/C79H131NO18/c1-3-5-7-9-11-13-15-17-19-21-22-23-24-25-26-27-28-29-30-31-32-33-34-35-36-37-38-39-40-41-43-45-47-49-51-53-55-57-67(85)80-62(63(84)56-54-52-50-48-46-44-42-20-18-16-14-12-10-8-6-4-2)61-93-77-73(91)70(88)75(65(59-82)95-77)98-79-74(92)71(89)76(66(60-83)96-79)97-78-72(90)69(87)68(86)64(58-81)94-78/h5,7,11,13,17,19,22-23,25-26,28-29,31-32,34-35,37-38,40-41,54,56,62-66,68-79,81-84,86-92H,3-4,6,8-10,12,14-16,18,20-21,24,27,30,33,36,39,42-53,55,57-61H2,1-2H3,(H,80,85)/b7-5-,13-11-,19-17-,23-22-,26-25-,29-28-,32-31-,35-34-,38-37-,41-40-,56-54+. The Bertz CT molecular complexity index is 2290. The van der Waals surface area contributed by atoms with Crippen LogP contribution in [-0.2, 0) is 33.2 Å². The molecule has 17 atom stereocenters. The van der Waals surface area contributed by atoms with Crippen molar-refractivity contribution in [2.24, 2.45) is 0 Å². The normalized spacial score (nSPS) is 27.5. The molecule has 0 aromatic carbocycles. The third kappa shape index (κ3) is 38.8. The second-order valence-electron chi connectivity index (χ2n) is 26.0. The molecule has 0 aliphatic carbocycles. The Balaban J connectivity index is 1.38. The van der Waals surface area contributed by atoms with Crippen molar-refractivity contribution in [1.29, 1.82) is 0 Å². The Labute approximate surface area is 588 Å². The number of aliphatic hydroxyl groups excluding tert-OH is 11. The van der Waals surface area contributed by atoms with Gasteiger partial charge in [0.2, 0.25) is 5.91 Å². The molecule has 3 aliphatic rings. The number of amides is 1. The minimum Gasteiger partial charge on any atom is -0.394 e. The highest BCUT2D eigenvalue weighted by Gasteiger charge is 2.53. The predicted octanol–water partition coefficient (Wildman–Crippen LogP) is 11.3. The number of rotatable bonds is 56. The predicted molar refractivity (Wildman–Crippen MR) is 387 cm³/mol. The van der Waals surface area contributed by atoms with Crippen LogP contribution in [0, 0.1) is 0 Å². The third-order valence-electron chi connectivity index (χ3n) is 17.7. The number of unbranched alkanes of at least 4 members (excludes halogenated alkanes) is 20. The van der Waals surface area contributed by atoms with Gasteiger partial charge in [0.1, 0.15) is 73.2 Å². The van der Waals surface area contributed by atoms with Gasteiger partial charge in [-0.25, -0.2) is 0 Å². The van der Waals surface area contributed by atoms with Crippen molar-refractivity contribution >= 4 is 5.91 Å². The van der Waals surface area contributed by atoms with E-state index < -0.39 is 124 Å². The van der Waals surface area contributed by atoms with Crippen LogP contribution in [0.25, 0.3) is 0 Å². The maximum atomic E-state index is 13.4. The molecular formula is C79H131NO18. The van der Waals surface area contributed by atoms with Gasteiger partial charge in [0, 0.05) is 6.42 Å². The zero-order valence-electron chi connectivity index (χ0n) is 59.5. The van der Waals surface area contributed by atoms with Gasteiger partial charge in [-0.15, -0.1) is 0 Å². The molecule has 17 unspecified atom stereocenters. The van der Waals surface area contributed by atoms with E-state index in [-0.39, 0.29) is 18.9 Å². The number of carbonyl (C=O) groups excluding carboxylic acids is 1. The summed E-state index contributed by atoms with van der Waals surface area (Å²) in [6.45, 7) is 1.59. The lowest BCUT2D eigenvalue weighted by Gasteiger charge is -2.48. The van der Waals surface area contributed by atoms with E-state index in [1.165, 1.54) is 70.6 Å². The molecule has 12 N–H and O–H groups in total. The SMILES string of the molecule is CC/C=C\C/C=C\C/C=C\C/C=C\C/C=C\C/C=C\C/C=C\C/C=C\C/C=C\C/C=C\CCCCCCCCC(=O)NC(COC1OC(CO)C(OC2OC(CO)C(OC3OC(CO)C(O)C(O)C3O)C(O)C2O)C(O)C1O)C(O)/C=C/CCCCCCCCCCCCCCCC. The summed E-state index contributed by atoms with van der Waals surface area (Å²) in [6, 6.07) is -0.991. The molecule has 560 valence electrons. The molecule has 3 rings (SSSR count). The van der Waals surface area contributed by atoms with Crippen LogP contribution in [0.4, 0.5) is 0 Å². The van der Waals surface area contributed by atoms with Crippen LogP contribution in [0.3, 0.4) is 0 Å². The summed E-state index contributed by atoms with van der Waals surface area (Å²) in [5, 5.41) is 121. The number of allylic oxidation sites excluding steroid dienone is 21. The van der Waals surface area contributed by atoms with Crippen LogP contribution < -0.4 is 5.32 Å². The lowest BCUT2D eigenvalue weighted by molar-refractivity contribution is -0.379. The van der Waals surface area contributed by atoms with Crippen LogP contribution in [0.2, 0.25) is 0 Å². The summed E-state index contributed by atoms with van der Waals surface area (Å²) in [7, 11) is 0. The highest BCUT2D eigenvalue weighted by Crippen LogP contribution is 2.33. The molecule has 0 saturated carbocycles. The molecule has 0 aromatic heterocycles. The Morgan fingerprint density at radius 3 is 1.10 bits per heavy atom. The minimum atomic E-state index is -1.99. The average Bonchev–Trinajstić information content (AvgIpc) is 0.784. The Hall–Kier alpha value is -4.07. The maximum absolute atomic E-state index is 13.4. The first-order valence-corrected chi connectivity index (χ1v) is 37.4. The van der Waals surface area contributed by atoms with Crippen LogP contribution >= 0.6 is 0 Å². The van der Waals surface area contributed by atoms with Crippen LogP contribution in [0.1, 0.15) is 226 Å². The quantitative estimate of drug-likeness (QED) is 0.0199. The van der Waals surface area contributed by atoms with Crippen molar-refractivity contribution in [3.05, 3.63) is 134 Å². The molecule has 0 bridgehead atoms. The molecule has 0 spiro atoms. The number of nitrogens with one attached hydrogen (secondary N) is 1. The largest absolute Gasteiger partial charge is 0.394 e. The van der Waals surface area contributed by atoms with E-state index >= 15 is 0 Å². The van der Waals surface area contributed by atoms with Crippen molar-refractivity contribution in [2.75, 3.05) is 26.4 Å². The van der Waals surface area contributed by atoms with Crippen molar-refractivity contribution < 1.29 is 89.4 Å². The third-order valence-corrected chi connectivity index (χ3v) is 17.7. The fourth-order valence-corrected chi connectivity index (χ4v) is 11.7. The molecule has 3 heterocycles. The van der Waals surface area contributed by atoms with E-state index in [9.17, 15) is 61.0 Å². The summed E-state index contributed by atoms with van der Waals surface area (Å²) >= 11 is 0. The Morgan fingerprint density at radius 2 is 0.704 bits per heavy atom. The molecule has 0 radical (unpaired) electrons. The van der Waals surface area contributed by atoms with Crippen molar-refractivity contribution in [3.8, 4) is 0 Å². The molecular weight excluding hydrogens is 1250 g/mol. The summed E-state index contributed by atoms with van der Waals surface area (Å²) in [5.41, 5.74) is 0. The zero-order valence-corrected chi connectivity index (χ0v) is 59.5. The average molecular weight is 1380 g/mol. The number of ether oxygens (including phenoxy) is 6. The molecule has 19 nitrogen and oxygen atoms in total. The van der Waals surface area contributed by atoms with E-state index in [1.807, 2.05) is 6.08 Å². The van der Waals surface area contributed by atoms with E-state index in [0.717, 1.165) is 128 Å². The summed E-state index contributed by atoms with van der Waals surface area (Å²) < 4.78 is 34.4. The lowest BCUT2D eigenvalue weighted by Crippen LogP contribution is -2.66. The van der Waals surface area contributed by atoms with E-state index in [4.69, 9.17) is 28.4 Å². The molecule has 3 aliphatic heterocycles. The molecule has 98 heavy (non-hydrogen) atoms. The van der Waals surface area contributed by atoms with E-state index in [2.05, 4.69) is 141 Å². The second kappa shape index (κ2) is 58.4. The smallest absolute Gasteiger partial charge is 0.220 e. The zero-order chi connectivity index (χ0) is 71.1. The fraction of sp³-hybridized carbons (Fsp3) is 0.709. The highest BCUT2D eigenvalue weighted by molar-refractivity contribution is 5.76. The lowest BCUT2D eigenvalue weighted by atomic mass is 9.96. The van der Waals surface area contributed by atoms with E-state index in [0.29, 0.717) is 6.42 Å². The molecule has 19 heteroatoms. The fourth-order valence-electron chi connectivity index (χ4n) is 11.7. The number of carbonyl (C=O) groups is 1. The van der Waals surface area contributed by atoms with Gasteiger partial charge in [-0.1, -0.05) is 257 Å². The summed E-state index contributed by atoms with van der Waals surface area (Å²) in [5.74, 6) is -0.295. The summed E-state index contributed by atoms with van der Waals surface area (Å²) in [6.07, 6.45) is 55.6. The van der Waals surface area contributed by atoms with Gasteiger partial charge in [-0.2, -0.15) is 0 Å². The monoisotopic (exact) mass is 1380 g/mol. The van der Waals surface area contributed by atoms with Gasteiger partial charge in [0.25, 0.3) is 0 Å². The number of hydrogen-bond donors (Lipinski definition) is 12. The summed E-state index contributed by atoms with van der Waals surface area (Å²) in [4.78, 5) is 13.4. The first kappa shape index (κ1) is 88.1. The Kier molecular flexibility index (Phi) is 52.6. The number of hydrogen-bond acceptors (Lipinski definition) is 18. The second-order valence-corrected chi connectivity index (χ2v) is 26.0. The van der Waals surface area contributed by atoms with E-state index in [1.54, 1.807) is 6.08 Å². The van der Waals surface area contributed by atoms with Crippen LogP contribution in [0.15, 0.2) is 134 Å². The van der Waals surface area contributed by atoms with Gasteiger partial charge >= 0.3 is 0 Å². The van der Waals surface area contributed by atoms with Gasteiger partial charge in [-0.3, -0.25) is 4.79 Å². The number of aliphatic hydroxyl groups is 11. The first-order valence-electron chi connectivity index (χ1n) is 37.4. The maximum Gasteiger partial charge on any atom is 0.220 e. The topological polar surface area (TPSA) is 307 Å². The Morgan fingerprint density at radius 1 is 0.378 bits per heavy atom. The molecule has 0 aromatic rings. The van der Waals surface area contributed by atoms with Gasteiger partial charge in [-0.05, 0) is 96.3 Å². The molecule has 3 saturated heterocycles. The highest BCUT2D eigenvalue weighted by atomic mass is 16.8. The van der Waals surface area contributed by atoms with Gasteiger partial charge < -0.3 is 89.9 Å². The molecule has 1 amide bonds. The van der Waals surface area contributed by atoms with Crippen molar-refractivity contribution in [3.63, 3.8) is 0 Å². The van der Waals surface area contributed by atoms with Crippen molar-refractivity contribution in [2.45, 2.75) is 330 Å². The van der Waals surface area contributed by atoms with Crippen LogP contribution in [0.5, 0.6) is 0 Å². The first-order chi connectivity index (χ1) is 47.8. The molecule has 3 fully saturated rings.